The SMILES string of the molecule is COC(=O)[C@H](Cc1ccc(OC)c(Cl)c1)NC(=O)c1cccc(NC(C)=O)c1. The normalized spacial score (nSPS) is 11.3. The lowest BCUT2D eigenvalue weighted by atomic mass is 10.0. The van der Waals surface area contributed by atoms with Gasteiger partial charge in [0, 0.05) is 24.6 Å². The molecule has 2 N–H and O–H groups in total. The van der Waals surface area contributed by atoms with Gasteiger partial charge in [0.1, 0.15) is 11.8 Å². The van der Waals surface area contributed by atoms with Crippen LogP contribution in [0.2, 0.25) is 5.02 Å². The Labute approximate surface area is 168 Å². The first-order chi connectivity index (χ1) is 13.3. The van der Waals surface area contributed by atoms with E-state index in [9.17, 15) is 14.4 Å². The van der Waals surface area contributed by atoms with Crippen LogP contribution in [0.25, 0.3) is 0 Å². The van der Waals surface area contributed by atoms with Gasteiger partial charge in [0.15, 0.2) is 0 Å². The molecule has 0 aliphatic heterocycles. The lowest BCUT2D eigenvalue weighted by Crippen LogP contribution is -2.43. The Hall–Kier alpha value is -3.06. The monoisotopic (exact) mass is 404 g/mol. The van der Waals surface area contributed by atoms with Gasteiger partial charge in [-0.1, -0.05) is 23.7 Å². The Kier molecular flexibility index (Phi) is 7.40. The topological polar surface area (TPSA) is 93.7 Å². The number of amides is 2. The maximum Gasteiger partial charge on any atom is 0.328 e. The van der Waals surface area contributed by atoms with Crippen LogP contribution in [0.15, 0.2) is 42.5 Å². The molecule has 0 aliphatic carbocycles. The molecule has 0 saturated carbocycles. The van der Waals surface area contributed by atoms with Crippen molar-refractivity contribution in [3.05, 3.63) is 58.6 Å². The summed E-state index contributed by atoms with van der Waals surface area (Å²) in [7, 11) is 2.76. The van der Waals surface area contributed by atoms with E-state index < -0.39 is 17.9 Å². The minimum atomic E-state index is -0.911. The number of nitrogens with one attached hydrogen (secondary N) is 2. The van der Waals surface area contributed by atoms with Crippen LogP contribution in [0.3, 0.4) is 0 Å². The number of anilines is 1. The number of esters is 1. The van der Waals surface area contributed by atoms with Gasteiger partial charge in [-0.15, -0.1) is 0 Å². The second-order valence-electron chi connectivity index (χ2n) is 5.98. The van der Waals surface area contributed by atoms with E-state index in [0.29, 0.717) is 22.0 Å². The molecular weight excluding hydrogens is 384 g/mol. The summed E-state index contributed by atoms with van der Waals surface area (Å²) in [4.78, 5) is 35.9. The molecule has 7 nitrogen and oxygen atoms in total. The number of ether oxygens (including phenoxy) is 2. The van der Waals surface area contributed by atoms with E-state index in [1.54, 1.807) is 36.4 Å². The zero-order valence-electron chi connectivity index (χ0n) is 15.7. The second kappa shape index (κ2) is 9.75. The van der Waals surface area contributed by atoms with Crippen molar-refractivity contribution in [2.75, 3.05) is 19.5 Å². The second-order valence-corrected chi connectivity index (χ2v) is 6.39. The van der Waals surface area contributed by atoms with Gasteiger partial charge in [0.2, 0.25) is 5.91 Å². The summed E-state index contributed by atoms with van der Waals surface area (Å²) in [6.07, 6.45) is 0.188. The molecular formula is C20H21ClN2O5. The zero-order chi connectivity index (χ0) is 20.7. The molecule has 0 radical (unpaired) electrons. The maximum atomic E-state index is 12.6. The summed E-state index contributed by atoms with van der Waals surface area (Å²) in [6, 6.07) is 10.6. The summed E-state index contributed by atoms with van der Waals surface area (Å²) in [5.41, 5.74) is 1.51. The number of benzene rings is 2. The van der Waals surface area contributed by atoms with Gasteiger partial charge in [-0.05, 0) is 35.9 Å². The van der Waals surface area contributed by atoms with Crippen molar-refractivity contribution in [2.24, 2.45) is 0 Å². The molecule has 0 fully saturated rings. The van der Waals surface area contributed by atoms with E-state index in [1.165, 1.54) is 27.2 Å². The third-order valence-electron chi connectivity index (χ3n) is 3.89. The van der Waals surface area contributed by atoms with Crippen LogP contribution in [0.4, 0.5) is 5.69 Å². The molecule has 2 rings (SSSR count). The van der Waals surface area contributed by atoms with E-state index in [0.717, 1.165) is 5.56 Å². The Morgan fingerprint density at radius 2 is 1.86 bits per heavy atom. The van der Waals surface area contributed by atoms with Gasteiger partial charge in [-0.3, -0.25) is 9.59 Å². The van der Waals surface area contributed by atoms with Gasteiger partial charge >= 0.3 is 5.97 Å². The lowest BCUT2D eigenvalue weighted by molar-refractivity contribution is -0.142. The van der Waals surface area contributed by atoms with Gasteiger partial charge in [-0.25, -0.2) is 4.79 Å². The number of halogens is 1. The van der Waals surface area contributed by atoms with Crippen molar-refractivity contribution in [1.29, 1.82) is 0 Å². The molecule has 0 saturated heterocycles. The predicted octanol–water partition coefficient (Wildman–Crippen LogP) is 2.82. The molecule has 0 aromatic heterocycles. The summed E-state index contributed by atoms with van der Waals surface area (Å²) in [5, 5.41) is 5.67. The number of hydrogen-bond acceptors (Lipinski definition) is 5. The van der Waals surface area contributed by atoms with Crippen LogP contribution in [-0.2, 0) is 20.7 Å². The number of methoxy groups -OCH3 is 2. The van der Waals surface area contributed by atoms with E-state index >= 15 is 0 Å². The summed E-state index contributed by atoms with van der Waals surface area (Å²) in [5.74, 6) is -0.791. The first kappa shape index (κ1) is 21.2. The van der Waals surface area contributed by atoms with Crippen molar-refractivity contribution in [1.82, 2.24) is 5.32 Å². The van der Waals surface area contributed by atoms with Crippen molar-refractivity contribution in [2.45, 2.75) is 19.4 Å². The quantitative estimate of drug-likeness (QED) is 0.692. The zero-order valence-corrected chi connectivity index (χ0v) is 16.5. The van der Waals surface area contributed by atoms with E-state index in [-0.39, 0.29) is 12.3 Å². The number of hydrogen-bond donors (Lipinski definition) is 2. The van der Waals surface area contributed by atoms with Crippen LogP contribution in [0.1, 0.15) is 22.8 Å². The summed E-state index contributed by atoms with van der Waals surface area (Å²) >= 11 is 6.12. The fraction of sp³-hybridized carbons (Fsp3) is 0.250. The summed E-state index contributed by atoms with van der Waals surface area (Å²) < 4.78 is 9.92. The van der Waals surface area contributed by atoms with Gasteiger partial charge < -0.3 is 20.1 Å². The van der Waals surface area contributed by atoms with Gasteiger partial charge in [-0.2, -0.15) is 0 Å². The molecule has 0 spiro atoms. The van der Waals surface area contributed by atoms with Crippen molar-refractivity contribution in [3.8, 4) is 5.75 Å². The van der Waals surface area contributed by atoms with Crippen LogP contribution >= 0.6 is 11.6 Å². The average Bonchev–Trinajstić information content (AvgIpc) is 2.66. The molecule has 148 valence electrons. The number of carbonyl (C=O) groups is 3. The smallest absolute Gasteiger partial charge is 0.328 e. The van der Waals surface area contributed by atoms with Crippen LogP contribution in [0, 0.1) is 0 Å². The predicted molar refractivity (Wildman–Crippen MR) is 106 cm³/mol. The molecule has 0 aliphatic rings. The Bertz CT molecular complexity index is 885. The highest BCUT2D eigenvalue weighted by atomic mass is 35.5. The summed E-state index contributed by atoms with van der Waals surface area (Å²) in [6.45, 7) is 1.38. The van der Waals surface area contributed by atoms with Crippen molar-refractivity contribution >= 4 is 35.1 Å². The molecule has 0 heterocycles. The molecule has 28 heavy (non-hydrogen) atoms. The minimum Gasteiger partial charge on any atom is -0.495 e. The highest BCUT2D eigenvalue weighted by molar-refractivity contribution is 6.32. The third-order valence-corrected chi connectivity index (χ3v) is 4.19. The van der Waals surface area contributed by atoms with Crippen LogP contribution in [0.5, 0.6) is 5.75 Å². The van der Waals surface area contributed by atoms with E-state index in [1.807, 2.05) is 0 Å². The van der Waals surface area contributed by atoms with Crippen molar-refractivity contribution in [3.63, 3.8) is 0 Å². The maximum absolute atomic E-state index is 12.6. The van der Waals surface area contributed by atoms with E-state index in [4.69, 9.17) is 21.1 Å². The van der Waals surface area contributed by atoms with E-state index in [2.05, 4.69) is 10.6 Å². The first-order valence-electron chi connectivity index (χ1n) is 8.42. The number of carbonyl (C=O) groups excluding carboxylic acids is 3. The standard InChI is InChI=1S/C20H21ClN2O5/c1-12(24)22-15-6-4-5-14(11-15)19(25)23-17(20(26)28-3)10-13-7-8-18(27-2)16(21)9-13/h4-9,11,17H,10H2,1-3H3,(H,22,24)(H,23,25)/t17-/m0/s1. The Morgan fingerprint density at radius 3 is 2.46 bits per heavy atom. The lowest BCUT2D eigenvalue weighted by Gasteiger charge is -2.17. The average molecular weight is 405 g/mol. The number of rotatable bonds is 7. The van der Waals surface area contributed by atoms with Crippen LogP contribution in [-0.4, -0.2) is 38.0 Å². The molecule has 8 heteroatoms. The van der Waals surface area contributed by atoms with Gasteiger partial charge in [0.05, 0.1) is 19.2 Å². The molecule has 0 bridgehead atoms. The molecule has 2 aromatic rings. The fourth-order valence-corrected chi connectivity index (χ4v) is 2.87. The fourth-order valence-electron chi connectivity index (χ4n) is 2.59. The molecule has 2 amide bonds. The minimum absolute atomic E-state index is 0.188. The Morgan fingerprint density at radius 1 is 1.11 bits per heavy atom. The largest absolute Gasteiger partial charge is 0.495 e. The first-order valence-corrected chi connectivity index (χ1v) is 8.80. The highest BCUT2D eigenvalue weighted by Gasteiger charge is 2.23. The van der Waals surface area contributed by atoms with Crippen LogP contribution < -0.4 is 15.4 Å². The molecule has 0 unspecified atom stereocenters. The third kappa shape index (κ3) is 5.72. The van der Waals surface area contributed by atoms with Crippen molar-refractivity contribution < 1.29 is 23.9 Å². The molecule has 2 aromatic carbocycles. The van der Waals surface area contributed by atoms with Gasteiger partial charge in [0.25, 0.3) is 5.91 Å². The highest BCUT2D eigenvalue weighted by Crippen LogP contribution is 2.25. The molecule has 1 atom stereocenters. The Balaban J connectivity index is 2.18.